The highest BCUT2D eigenvalue weighted by molar-refractivity contribution is 6.37. The van der Waals surface area contributed by atoms with Gasteiger partial charge < -0.3 is 9.84 Å². The number of piperidine rings is 1. The van der Waals surface area contributed by atoms with E-state index in [1.54, 1.807) is 7.11 Å². The van der Waals surface area contributed by atoms with Crippen LogP contribution in [0.2, 0.25) is 10.0 Å². The lowest BCUT2D eigenvalue weighted by atomic mass is 9.93. The van der Waals surface area contributed by atoms with Crippen LogP contribution in [-0.4, -0.2) is 36.2 Å². The van der Waals surface area contributed by atoms with E-state index in [0.29, 0.717) is 10.8 Å². The fourth-order valence-electron chi connectivity index (χ4n) is 4.76. The maximum Gasteiger partial charge on any atom is 0.138 e. The molecule has 4 rings (SSSR count). The first kappa shape index (κ1) is 24.1. The third-order valence-electron chi connectivity index (χ3n) is 6.74. The second-order valence-electron chi connectivity index (χ2n) is 8.71. The number of aliphatic hydroxyl groups is 1. The van der Waals surface area contributed by atoms with Crippen LogP contribution < -0.4 is 4.74 Å². The monoisotopic (exact) mass is 483 g/mol. The average molecular weight is 484 g/mol. The standard InChI is InChI=1S/C28H31Cl2NO2/c1-3-25(28(32)22-8-12-24-21(18-22)9-13-26(33-2)27(24)30)31-16-14-20(15-17-31)5-4-19-6-10-23(29)11-7-19/h5-13,18,25,28,32H,3-4,14-17H2,1-2H3/t25-,28-/m1/s1. The Morgan fingerprint density at radius 2 is 1.76 bits per heavy atom. The first-order valence-electron chi connectivity index (χ1n) is 11.6. The van der Waals surface area contributed by atoms with Crippen molar-refractivity contribution in [2.24, 2.45) is 0 Å². The van der Waals surface area contributed by atoms with Crippen molar-refractivity contribution in [3.63, 3.8) is 0 Å². The summed E-state index contributed by atoms with van der Waals surface area (Å²) in [5, 5.41) is 14.6. The molecule has 1 fully saturated rings. The molecule has 3 aromatic carbocycles. The molecule has 1 aliphatic rings. The molecule has 1 heterocycles. The number of likely N-dealkylation sites (tertiary alicyclic amines) is 1. The molecule has 5 heteroatoms. The number of aliphatic hydroxyl groups excluding tert-OH is 1. The lowest BCUT2D eigenvalue weighted by Crippen LogP contribution is -2.43. The number of hydrogen-bond acceptors (Lipinski definition) is 3. The second-order valence-corrected chi connectivity index (χ2v) is 9.53. The maximum atomic E-state index is 11.3. The van der Waals surface area contributed by atoms with Crippen LogP contribution in [0, 0.1) is 0 Å². The van der Waals surface area contributed by atoms with Crippen LogP contribution in [0.25, 0.3) is 10.8 Å². The van der Waals surface area contributed by atoms with E-state index in [1.807, 2.05) is 36.4 Å². The highest BCUT2D eigenvalue weighted by atomic mass is 35.5. The Balaban J connectivity index is 1.42. The van der Waals surface area contributed by atoms with Crippen molar-refractivity contribution < 1.29 is 9.84 Å². The summed E-state index contributed by atoms with van der Waals surface area (Å²) in [6, 6.07) is 18.1. The quantitative estimate of drug-likeness (QED) is 0.359. The van der Waals surface area contributed by atoms with Crippen molar-refractivity contribution in [2.75, 3.05) is 20.2 Å². The van der Waals surface area contributed by atoms with Crippen molar-refractivity contribution in [1.82, 2.24) is 4.90 Å². The van der Waals surface area contributed by atoms with Gasteiger partial charge in [0.05, 0.1) is 18.2 Å². The Kier molecular flexibility index (Phi) is 7.98. The Morgan fingerprint density at radius 1 is 1.03 bits per heavy atom. The topological polar surface area (TPSA) is 32.7 Å². The molecule has 0 unspecified atom stereocenters. The van der Waals surface area contributed by atoms with Gasteiger partial charge in [0.1, 0.15) is 5.75 Å². The van der Waals surface area contributed by atoms with Crippen LogP contribution in [0.5, 0.6) is 5.75 Å². The summed E-state index contributed by atoms with van der Waals surface area (Å²) in [7, 11) is 1.62. The molecule has 0 aromatic heterocycles. The number of benzene rings is 3. The Bertz CT molecular complexity index is 1120. The van der Waals surface area contributed by atoms with Gasteiger partial charge in [-0.1, -0.05) is 72.1 Å². The zero-order valence-corrected chi connectivity index (χ0v) is 20.7. The van der Waals surface area contributed by atoms with Crippen molar-refractivity contribution in [3.05, 3.63) is 87.4 Å². The molecule has 174 valence electrons. The van der Waals surface area contributed by atoms with Gasteiger partial charge in [0.15, 0.2) is 0 Å². The van der Waals surface area contributed by atoms with E-state index in [0.717, 1.165) is 60.1 Å². The van der Waals surface area contributed by atoms with Crippen LogP contribution in [0.15, 0.2) is 66.2 Å². The molecule has 1 N–H and O–H groups in total. The van der Waals surface area contributed by atoms with Gasteiger partial charge in [-0.25, -0.2) is 0 Å². The van der Waals surface area contributed by atoms with Crippen molar-refractivity contribution in [2.45, 2.75) is 44.8 Å². The molecule has 1 saturated heterocycles. The minimum Gasteiger partial charge on any atom is -0.495 e. The van der Waals surface area contributed by atoms with Gasteiger partial charge in [0.25, 0.3) is 0 Å². The molecule has 0 spiro atoms. The molecular weight excluding hydrogens is 453 g/mol. The number of allylic oxidation sites excluding steroid dienone is 1. The third kappa shape index (κ3) is 5.55. The summed E-state index contributed by atoms with van der Waals surface area (Å²) in [4.78, 5) is 2.44. The molecule has 0 radical (unpaired) electrons. The van der Waals surface area contributed by atoms with Gasteiger partial charge in [0.2, 0.25) is 0 Å². The SMILES string of the molecule is CC[C@H]([C@H](O)c1ccc2c(Cl)c(OC)ccc2c1)N1CCC(=CCc2ccc(Cl)cc2)CC1. The molecule has 1 aliphatic heterocycles. The fourth-order valence-corrected chi connectivity index (χ4v) is 5.20. The molecule has 2 atom stereocenters. The Hall–Kier alpha value is -2.04. The highest BCUT2D eigenvalue weighted by Crippen LogP contribution is 2.35. The minimum atomic E-state index is -0.542. The number of ether oxygens (including phenoxy) is 1. The van der Waals surface area contributed by atoms with Gasteiger partial charge >= 0.3 is 0 Å². The van der Waals surface area contributed by atoms with Crippen LogP contribution in [0.4, 0.5) is 0 Å². The molecule has 3 aromatic rings. The Labute approximate surface area is 206 Å². The van der Waals surface area contributed by atoms with E-state index in [9.17, 15) is 5.11 Å². The third-order valence-corrected chi connectivity index (χ3v) is 7.38. The number of hydrogen-bond donors (Lipinski definition) is 1. The second kappa shape index (κ2) is 10.9. The maximum absolute atomic E-state index is 11.3. The van der Waals surface area contributed by atoms with Gasteiger partial charge in [-0.05, 0) is 66.5 Å². The summed E-state index contributed by atoms with van der Waals surface area (Å²) in [5.74, 6) is 0.664. The zero-order valence-electron chi connectivity index (χ0n) is 19.2. The predicted molar refractivity (Wildman–Crippen MR) is 139 cm³/mol. The summed E-state index contributed by atoms with van der Waals surface area (Å²) in [5.41, 5.74) is 3.71. The summed E-state index contributed by atoms with van der Waals surface area (Å²) >= 11 is 12.4. The summed E-state index contributed by atoms with van der Waals surface area (Å²) in [6.07, 6.45) is 5.75. The number of halogens is 2. The van der Waals surface area contributed by atoms with E-state index < -0.39 is 6.10 Å². The first-order chi connectivity index (χ1) is 16.0. The van der Waals surface area contributed by atoms with E-state index in [1.165, 1.54) is 11.1 Å². The lowest BCUT2D eigenvalue weighted by Gasteiger charge is -2.38. The summed E-state index contributed by atoms with van der Waals surface area (Å²) in [6.45, 7) is 4.10. The summed E-state index contributed by atoms with van der Waals surface area (Å²) < 4.78 is 5.32. The molecular formula is C28H31Cl2NO2. The molecule has 3 nitrogen and oxygen atoms in total. The van der Waals surface area contributed by atoms with Crippen LogP contribution >= 0.6 is 23.2 Å². The average Bonchev–Trinajstić information content (AvgIpc) is 2.85. The molecule has 0 amide bonds. The van der Waals surface area contributed by atoms with Gasteiger partial charge in [-0.2, -0.15) is 0 Å². The lowest BCUT2D eigenvalue weighted by molar-refractivity contribution is 0.0411. The van der Waals surface area contributed by atoms with Gasteiger partial charge in [-0.15, -0.1) is 0 Å². The van der Waals surface area contributed by atoms with E-state index in [2.05, 4.69) is 36.1 Å². The molecule has 33 heavy (non-hydrogen) atoms. The molecule has 0 saturated carbocycles. The predicted octanol–water partition coefficient (Wildman–Crippen LogP) is 7.23. The number of fused-ring (bicyclic) bond motifs is 1. The number of methoxy groups -OCH3 is 1. The number of rotatable bonds is 7. The normalized spacial score (nSPS) is 16.6. The number of nitrogens with zero attached hydrogens (tertiary/aromatic N) is 1. The smallest absolute Gasteiger partial charge is 0.138 e. The molecule has 0 bridgehead atoms. The van der Waals surface area contributed by atoms with E-state index in [4.69, 9.17) is 27.9 Å². The highest BCUT2D eigenvalue weighted by Gasteiger charge is 2.28. The van der Waals surface area contributed by atoms with Crippen LogP contribution in [0.1, 0.15) is 43.4 Å². The van der Waals surface area contributed by atoms with Crippen LogP contribution in [-0.2, 0) is 6.42 Å². The fraction of sp³-hybridized carbons (Fsp3) is 0.357. The Morgan fingerprint density at radius 3 is 2.42 bits per heavy atom. The molecule has 0 aliphatic carbocycles. The van der Waals surface area contributed by atoms with Crippen molar-refractivity contribution in [1.29, 1.82) is 0 Å². The van der Waals surface area contributed by atoms with Crippen molar-refractivity contribution >= 4 is 34.0 Å². The van der Waals surface area contributed by atoms with Gasteiger partial charge in [-0.3, -0.25) is 4.90 Å². The van der Waals surface area contributed by atoms with E-state index >= 15 is 0 Å². The largest absolute Gasteiger partial charge is 0.495 e. The zero-order chi connectivity index (χ0) is 23.4. The van der Waals surface area contributed by atoms with Crippen LogP contribution in [0.3, 0.4) is 0 Å². The first-order valence-corrected chi connectivity index (χ1v) is 12.4. The van der Waals surface area contributed by atoms with Gasteiger partial charge in [0, 0.05) is 29.5 Å². The minimum absolute atomic E-state index is 0.0917. The van der Waals surface area contributed by atoms with E-state index in [-0.39, 0.29) is 6.04 Å². The van der Waals surface area contributed by atoms with Crippen molar-refractivity contribution in [3.8, 4) is 5.75 Å².